The van der Waals surface area contributed by atoms with E-state index in [4.69, 9.17) is 14.2 Å². The van der Waals surface area contributed by atoms with Crippen LogP contribution in [0.3, 0.4) is 0 Å². The lowest BCUT2D eigenvalue weighted by atomic mass is 9.87. The van der Waals surface area contributed by atoms with Crippen molar-refractivity contribution in [3.8, 4) is 0 Å². The summed E-state index contributed by atoms with van der Waals surface area (Å²) in [6.45, 7) is 4.92. The van der Waals surface area contributed by atoms with Gasteiger partial charge in [0, 0.05) is 11.5 Å². The van der Waals surface area contributed by atoms with E-state index in [0.29, 0.717) is 25.2 Å². The van der Waals surface area contributed by atoms with E-state index in [1.807, 2.05) is 103 Å². The highest BCUT2D eigenvalue weighted by Crippen LogP contribution is 2.39. The van der Waals surface area contributed by atoms with E-state index < -0.39 is 6.10 Å². The van der Waals surface area contributed by atoms with Gasteiger partial charge in [0.2, 0.25) is 0 Å². The van der Waals surface area contributed by atoms with E-state index in [2.05, 4.69) is 26.0 Å². The van der Waals surface area contributed by atoms with Crippen molar-refractivity contribution in [3.63, 3.8) is 0 Å². The molecule has 206 valence electrons. The van der Waals surface area contributed by atoms with Gasteiger partial charge in [0.1, 0.15) is 12.2 Å². The molecule has 5 rings (SSSR count). The number of hydrogen-bond acceptors (Lipinski definition) is 3. The third kappa shape index (κ3) is 6.70. The average Bonchev–Trinajstić information content (AvgIpc) is 3.01. The van der Waals surface area contributed by atoms with Crippen LogP contribution in [0.15, 0.2) is 121 Å². The minimum absolute atomic E-state index is 0.00518. The first-order chi connectivity index (χ1) is 19.6. The SMILES string of the molecule is CC[C@H]1O/C(=C(\F)c2ccccc2Cc2ccccc2)C(OCc2ccccc2)C(OCc2ccccc2)[C@@H]1C. The number of benzene rings is 4. The number of rotatable bonds is 10. The first-order valence-corrected chi connectivity index (χ1v) is 14.1. The molecule has 0 radical (unpaired) electrons. The van der Waals surface area contributed by atoms with Crippen LogP contribution in [0.4, 0.5) is 4.39 Å². The minimum atomic E-state index is -0.702. The molecule has 1 aliphatic rings. The van der Waals surface area contributed by atoms with Gasteiger partial charge in [-0.3, -0.25) is 0 Å². The molecule has 0 saturated carbocycles. The summed E-state index contributed by atoms with van der Waals surface area (Å²) in [6, 6.07) is 37.8. The molecule has 1 aliphatic heterocycles. The molecule has 0 spiro atoms. The summed E-state index contributed by atoms with van der Waals surface area (Å²) in [5.41, 5.74) is 4.63. The minimum Gasteiger partial charge on any atom is -0.488 e. The predicted octanol–water partition coefficient (Wildman–Crippen LogP) is 8.53. The van der Waals surface area contributed by atoms with Crippen LogP contribution in [0.5, 0.6) is 0 Å². The Bertz CT molecular complexity index is 1370. The molecule has 0 bridgehead atoms. The van der Waals surface area contributed by atoms with Gasteiger partial charge >= 0.3 is 0 Å². The normalized spacial score (nSPS) is 22.0. The molecule has 4 atom stereocenters. The Morgan fingerprint density at radius 2 is 1.23 bits per heavy atom. The van der Waals surface area contributed by atoms with Crippen molar-refractivity contribution in [2.24, 2.45) is 5.92 Å². The molecule has 1 heterocycles. The molecule has 1 fully saturated rings. The van der Waals surface area contributed by atoms with E-state index >= 15 is 4.39 Å². The van der Waals surface area contributed by atoms with Crippen LogP contribution in [0, 0.1) is 5.92 Å². The summed E-state index contributed by atoms with van der Waals surface area (Å²) >= 11 is 0. The van der Waals surface area contributed by atoms with Crippen molar-refractivity contribution >= 4 is 5.83 Å². The van der Waals surface area contributed by atoms with Crippen LogP contribution in [-0.4, -0.2) is 18.3 Å². The molecule has 4 heteroatoms. The monoisotopic (exact) mass is 536 g/mol. The fourth-order valence-corrected chi connectivity index (χ4v) is 5.38. The van der Waals surface area contributed by atoms with Gasteiger partial charge < -0.3 is 14.2 Å². The molecule has 0 aliphatic carbocycles. The van der Waals surface area contributed by atoms with Crippen molar-refractivity contribution in [2.75, 3.05) is 0 Å². The smallest absolute Gasteiger partial charge is 0.171 e. The maximum absolute atomic E-state index is 16.8. The lowest BCUT2D eigenvalue weighted by Crippen LogP contribution is -2.49. The zero-order valence-corrected chi connectivity index (χ0v) is 23.2. The van der Waals surface area contributed by atoms with Crippen molar-refractivity contribution in [3.05, 3.63) is 149 Å². The molecule has 1 saturated heterocycles. The molecule has 4 aromatic carbocycles. The summed E-state index contributed by atoms with van der Waals surface area (Å²) in [4.78, 5) is 0. The third-order valence-corrected chi connectivity index (χ3v) is 7.61. The molecular weight excluding hydrogens is 499 g/mol. The van der Waals surface area contributed by atoms with Gasteiger partial charge in [0.05, 0.1) is 19.3 Å². The second kappa shape index (κ2) is 13.6. The molecule has 3 nitrogen and oxygen atoms in total. The first kappa shape index (κ1) is 27.8. The largest absolute Gasteiger partial charge is 0.488 e. The Hall–Kier alpha value is -3.73. The van der Waals surface area contributed by atoms with Crippen LogP contribution in [0.25, 0.3) is 5.83 Å². The van der Waals surface area contributed by atoms with Crippen LogP contribution in [0.2, 0.25) is 0 Å². The van der Waals surface area contributed by atoms with Gasteiger partial charge in [-0.1, -0.05) is 129 Å². The highest BCUT2D eigenvalue weighted by Gasteiger charge is 2.44. The standard InChI is InChI=1S/C36H37FO3/c1-3-32-26(2)34(38-24-28-17-9-5-10-18-28)36(39-25-29-19-11-6-12-20-29)35(40-32)33(37)31-22-14-13-21-30(31)23-27-15-7-4-8-16-27/h4-22,26,32,34,36H,3,23-25H2,1-2H3/b35-33-/t26-,32-,34?,36?/m1/s1. The van der Waals surface area contributed by atoms with Gasteiger partial charge in [-0.25, -0.2) is 4.39 Å². The van der Waals surface area contributed by atoms with E-state index in [-0.39, 0.29) is 29.7 Å². The highest BCUT2D eigenvalue weighted by molar-refractivity contribution is 5.66. The Kier molecular flexibility index (Phi) is 9.43. The maximum Gasteiger partial charge on any atom is 0.171 e. The first-order valence-electron chi connectivity index (χ1n) is 14.1. The van der Waals surface area contributed by atoms with Crippen molar-refractivity contribution in [1.82, 2.24) is 0 Å². The maximum atomic E-state index is 16.8. The number of ether oxygens (including phenoxy) is 3. The fourth-order valence-electron chi connectivity index (χ4n) is 5.38. The summed E-state index contributed by atoms with van der Waals surface area (Å²) in [6.07, 6.45) is 0.0742. The van der Waals surface area contributed by atoms with Gasteiger partial charge in [-0.05, 0) is 35.1 Å². The molecule has 4 aromatic rings. The Morgan fingerprint density at radius 1 is 0.700 bits per heavy atom. The molecular formula is C36H37FO3. The van der Waals surface area contributed by atoms with Crippen molar-refractivity contribution in [1.29, 1.82) is 0 Å². The molecule has 0 N–H and O–H groups in total. The summed E-state index contributed by atoms with van der Waals surface area (Å²) in [5, 5.41) is 0. The van der Waals surface area contributed by atoms with Crippen LogP contribution in [0.1, 0.15) is 48.1 Å². The van der Waals surface area contributed by atoms with Crippen molar-refractivity contribution < 1.29 is 18.6 Å². The summed E-state index contributed by atoms with van der Waals surface area (Å²) in [7, 11) is 0. The van der Waals surface area contributed by atoms with E-state index in [1.54, 1.807) is 0 Å². The van der Waals surface area contributed by atoms with Crippen molar-refractivity contribution in [2.45, 2.75) is 58.2 Å². The zero-order chi connectivity index (χ0) is 27.7. The van der Waals surface area contributed by atoms with Gasteiger partial charge in [-0.15, -0.1) is 0 Å². The lowest BCUT2D eigenvalue weighted by molar-refractivity contribution is -0.167. The predicted molar refractivity (Wildman–Crippen MR) is 158 cm³/mol. The Labute approximate surface area is 237 Å². The Balaban J connectivity index is 1.52. The summed E-state index contributed by atoms with van der Waals surface area (Å²) < 4.78 is 36.3. The Morgan fingerprint density at radius 3 is 1.82 bits per heavy atom. The molecule has 40 heavy (non-hydrogen) atoms. The van der Waals surface area contributed by atoms with Gasteiger partial charge in [-0.2, -0.15) is 0 Å². The van der Waals surface area contributed by atoms with E-state index in [0.717, 1.165) is 28.7 Å². The quantitative estimate of drug-likeness (QED) is 0.203. The van der Waals surface area contributed by atoms with E-state index in [9.17, 15) is 0 Å². The lowest BCUT2D eigenvalue weighted by Gasteiger charge is -2.42. The molecule has 0 amide bonds. The summed E-state index contributed by atoms with van der Waals surface area (Å²) in [5.74, 6) is -0.159. The second-order valence-corrected chi connectivity index (χ2v) is 10.4. The fraction of sp³-hybridized carbons (Fsp3) is 0.278. The highest BCUT2D eigenvalue weighted by atomic mass is 19.1. The van der Waals surface area contributed by atoms with Crippen LogP contribution in [-0.2, 0) is 33.8 Å². The molecule has 0 aromatic heterocycles. The molecule has 2 unspecified atom stereocenters. The number of halogens is 1. The van der Waals surface area contributed by atoms with Crippen LogP contribution >= 0.6 is 0 Å². The van der Waals surface area contributed by atoms with Gasteiger partial charge in [0.25, 0.3) is 0 Å². The van der Waals surface area contributed by atoms with Crippen LogP contribution < -0.4 is 0 Å². The average molecular weight is 537 g/mol. The van der Waals surface area contributed by atoms with E-state index in [1.165, 1.54) is 0 Å². The second-order valence-electron chi connectivity index (χ2n) is 10.4. The third-order valence-electron chi connectivity index (χ3n) is 7.61. The zero-order valence-electron chi connectivity index (χ0n) is 23.2. The van der Waals surface area contributed by atoms with Gasteiger partial charge in [0.15, 0.2) is 11.6 Å². The number of hydrogen-bond donors (Lipinski definition) is 0. The topological polar surface area (TPSA) is 27.7 Å².